The summed E-state index contributed by atoms with van der Waals surface area (Å²) in [5.41, 5.74) is 2.87. The number of ether oxygens (including phenoxy) is 1. The largest absolute Gasteiger partial charge is 0.494 e. The van der Waals surface area contributed by atoms with Crippen LogP contribution in [0.3, 0.4) is 0 Å². The second-order valence-electron chi connectivity index (χ2n) is 6.29. The molecule has 4 rings (SSSR count). The van der Waals surface area contributed by atoms with E-state index in [9.17, 15) is 4.79 Å². The highest BCUT2D eigenvalue weighted by molar-refractivity contribution is 9.10. The summed E-state index contributed by atoms with van der Waals surface area (Å²) in [5, 5.41) is 1.90. The Morgan fingerprint density at radius 3 is 2.74 bits per heavy atom. The molecule has 6 nitrogen and oxygen atoms in total. The predicted octanol–water partition coefficient (Wildman–Crippen LogP) is 4.80. The van der Waals surface area contributed by atoms with E-state index in [0.29, 0.717) is 28.8 Å². The number of aromatic amines is 1. The Hall–Kier alpha value is -1.83. The van der Waals surface area contributed by atoms with E-state index in [-0.39, 0.29) is 17.8 Å². The van der Waals surface area contributed by atoms with Crippen molar-refractivity contribution in [2.24, 2.45) is 0 Å². The summed E-state index contributed by atoms with van der Waals surface area (Å²) in [6.07, 6.45) is 3.66. The Morgan fingerprint density at radius 2 is 2.07 bits per heavy atom. The van der Waals surface area contributed by atoms with Crippen LogP contribution in [-0.4, -0.2) is 39.4 Å². The molecule has 140 valence electrons. The van der Waals surface area contributed by atoms with Crippen molar-refractivity contribution in [1.29, 1.82) is 0 Å². The molecule has 0 aliphatic carbocycles. The van der Waals surface area contributed by atoms with Crippen LogP contribution >= 0.6 is 39.1 Å². The molecule has 9 heteroatoms. The molecule has 27 heavy (non-hydrogen) atoms. The number of nitrogens with one attached hydrogen (secondary N) is 1. The fourth-order valence-electron chi connectivity index (χ4n) is 3.52. The second-order valence-corrected chi connectivity index (χ2v) is 7.93. The highest BCUT2D eigenvalue weighted by Crippen LogP contribution is 2.43. The van der Waals surface area contributed by atoms with E-state index in [1.54, 1.807) is 11.0 Å². The van der Waals surface area contributed by atoms with E-state index in [2.05, 4.69) is 30.9 Å². The summed E-state index contributed by atoms with van der Waals surface area (Å²) in [4.78, 5) is 26.4. The van der Waals surface area contributed by atoms with Gasteiger partial charge in [-0.25, -0.2) is 9.97 Å². The lowest BCUT2D eigenvalue weighted by atomic mass is 9.97. The Bertz CT molecular complexity index is 1050. The van der Waals surface area contributed by atoms with Gasteiger partial charge in [-0.05, 0) is 13.0 Å². The van der Waals surface area contributed by atoms with Gasteiger partial charge in [0.25, 0.3) is 5.91 Å². The summed E-state index contributed by atoms with van der Waals surface area (Å²) >= 11 is 16.2. The third-order valence-electron chi connectivity index (χ3n) is 4.85. The van der Waals surface area contributed by atoms with Gasteiger partial charge >= 0.3 is 0 Å². The fraction of sp³-hybridized carbons (Fsp3) is 0.278. The van der Waals surface area contributed by atoms with Crippen LogP contribution < -0.4 is 4.74 Å². The summed E-state index contributed by atoms with van der Waals surface area (Å²) in [7, 11) is 1.53. The minimum atomic E-state index is -0.221. The van der Waals surface area contributed by atoms with Crippen molar-refractivity contribution in [3.63, 3.8) is 0 Å². The number of halogens is 3. The number of carbonyl (C=O) groups is 1. The van der Waals surface area contributed by atoms with Crippen molar-refractivity contribution in [3.05, 3.63) is 50.1 Å². The van der Waals surface area contributed by atoms with E-state index >= 15 is 0 Å². The minimum Gasteiger partial charge on any atom is -0.494 e. The minimum absolute atomic E-state index is 0.145. The summed E-state index contributed by atoms with van der Waals surface area (Å²) in [6.45, 7) is 2.54. The number of hydrogen-bond donors (Lipinski definition) is 1. The molecule has 0 bridgehead atoms. The van der Waals surface area contributed by atoms with Gasteiger partial charge in [0.2, 0.25) is 5.82 Å². The zero-order chi connectivity index (χ0) is 19.3. The molecule has 3 aromatic rings. The first-order valence-electron chi connectivity index (χ1n) is 8.27. The molecule has 1 atom stereocenters. The molecule has 1 aliphatic rings. The molecule has 0 radical (unpaired) electrons. The molecular weight excluding hydrogens is 455 g/mol. The lowest BCUT2D eigenvalue weighted by molar-refractivity contribution is 0.0665. The van der Waals surface area contributed by atoms with Crippen LogP contribution in [-0.2, 0) is 6.42 Å². The Labute approximate surface area is 174 Å². The molecule has 2 aromatic heterocycles. The van der Waals surface area contributed by atoms with E-state index in [4.69, 9.17) is 27.9 Å². The molecule has 3 heterocycles. The van der Waals surface area contributed by atoms with Crippen LogP contribution in [0.25, 0.3) is 10.9 Å². The molecule has 1 aliphatic heterocycles. The van der Waals surface area contributed by atoms with Crippen molar-refractivity contribution in [2.75, 3.05) is 13.7 Å². The van der Waals surface area contributed by atoms with Gasteiger partial charge < -0.3 is 14.6 Å². The van der Waals surface area contributed by atoms with Gasteiger partial charge in [0, 0.05) is 34.1 Å². The van der Waals surface area contributed by atoms with Gasteiger partial charge in [0.05, 0.1) is 41.1 Å². The molecule has 0 unspecified atom stereocenters. The standard InChI is InChI=1S/C18H15BrCl2N4O2/c1-8-13-12(24-16-14(13)10(19)5-11(20)15(16)21)3-4-25(8)18(26)17-22-6-9(27-2)7-23-17/h5-8,24H,3-4H2,1-2H3/t8-/m1/s1. The monoisotopic (exact) mass is 468 g/mol. The molecular formula is C18H15BrCl2N4O2. The average Bonchev–Trinajstić information content (AvgIpc) is 3.07. The molecule has 0 saturated heterocycles. The summed E-state index contributed by atoms with van der Waals surface area (Å²) in [5.74, 6) is 0.431. The van der Waals surface area contributed by atoms with Gasteiger partial charge in [-0.1, -0.05) is 39.1 Å². The number of nitrogens with zero attached hydrogens (tertiary/aromatic N) is 3. The topological polar surface area (TPSA) is 71.1 Å². The molecule has 1 amide bonds. The van der Waals surface area contributed by atoms with Gasteiger partial charge in [-0.2, -0.15) is 0 Å². The van der Waals surface area contributed by atoms with Crippen molar-refractivity contribution in [2.45, 2.75) is 19.4 Å². The number of methoxy groups -OCH3 is 1. The number of benzene rings is 1. The molecule has 1 N–H and O–H groups in total. The van der Waals surface area contributed by atoms with E-state index in [0.717, 1.165) is 26.6 Å². The smallest absolute Gasteiger partial charge is 0.292 e. The predicted molar refractivity (Wildman–Crippen MR) is 108 cm³/mol. The number of hydrogen-bond acceptors (Lipinski definition) is 4. The number of carbonyl (C=O) groups excluding carboxylic acids is 1. The first-order chi connectivity index (χ1) is 12.9. The quantitative estimate of drug-likeness (QED) is 0.547. The lowest BCUT2D eigenvalue weighted by Crippen LogP contribution is -2.39. The first-order valence-corrected chi connectivity index (χ1v) is 9.82. The lowest BCUT2D eigenvalue weighted by Gasteiger charge is -2.33. The number of amides is 1. The van der Waals surface area contributed by atoms with Crippen molar-refractivity contribution >= 4 is 55.9 Å². The maximum atomic E-state index is 13.0. The Balaban J connectivity index is 1.76. The van der Waals surface area contributed by atoms with Crippen molar-refractivity contribution in [1.82, 2.24) is 19.9 Å². The van der Waals surface area contributed by atoms with Crippen molar-refractivity contribution < 1.29 is 9.53 Å². The second kappa shape index (κ2) is 6.96. The highest BCUT2D eigenvalue weighted by Gasteiger charge is 2.33. The van der Waals surface area contributed by atoms with Gasteiger partial charge in [-0.3, -0.25) is 4.79 Å². The number of fused-ring (bicyclic) bond motifs is 3. The third-order valence-corrected chi connectivity index (χ3v) is 6.26. The summed E-state index contributed by atoms with van der Waals surface area (Å²) < 4.78 is 5.89. The number of aromatic nitrogens is 3. The van der Waals surface area contributed by atoms with Crippen LogP contribution in [0, 0.1) is 0 Å². The van der Waals surface area contributed by atoms with Gasteiger partial charge in [-0.15, -0.1) is 0 Å². The van der Waals surface area contributed by atoms with E-state index in [1.165, 1.54) is 19.5 Å². The zero-order valence-corrected chi connectivity index (χ0v) is 17.6. The first kappa shape index (κ1) is 18.5. The van der Waals surface area contributed by atoms with Gasteiger partial charge in [0.1, 0.15) is 0 Å². The number of rotatable bonds is 2. The van der Waals surface area contributed by atoms with Crippen LogP contribution in [0.15, 0.2) is 22.9 Å². The highest BCUT2D eigenvalue weighted by atomic mass is 79.9. The molecule has 0 spiro atoms. The molecule has 0 saturated carbocycles. The van der Waals surface area contributed by atoms with Gasteiger partial charge in [0.15, 0.2) is 5.75 Å². The van der Waals surface area contributed by atoms with Crippen LogP contribution in [0.2, 0.25) is 10.0 Å². The van der Waals surface area contributed by atoms with Crippen molar-refractivity contribution in [3.8, 4) is 5.75 Å². The SMILES string of the molecule is COc1cnc(C(=O)N2CCc3[nH]c4c(Cl)c(Cl)cc(Br)c4c3[C@H]2C)nc1. The maximum absolute atomic E-state index is 13.0. The van der Waals surface area contributed by atoms with Crippen LogP contribution in [0.1, 0.15) is 34.8 Å². The summed E-state index contributed by atoms with van der Waals surface area (Å²) in [6, 6.07) is 1.61. The maximum Gasteiger partial charge on any atom is 0.292 e. The molecule has 1 aromatic carbocycles. The number of H-pyrrole nitrogens is 1. The third kappa shape index (κ3) is 2.98. The molecule has 0 fully saturated rings. The van der Waals surface area contributed by atoms with Crippen LogP contribution in [0.5, 0.6) is 5.75 Å². The normalized spacial score (nSPS) is 16.5. The van der Waals surface area contributed by atoms with E-state index in [1.807, 2.05) is 6.92 Å². The fourth-order valence-corrected chi connectivity index (χ4v) is 4.70. The average molecular weight is 470 g/mol. The van der Waals surface area contributed by atoms with E-state index < -0.39 is 0 Å². The Kier molecular flexibility index (Phi) is 4.78. The van der Waals surface area contributed by atoms with Crippen LogP contribution in [0.4, 0.5) is 0 Å². The Morgan fingerprint density at radius 1 is 1.37 bits per heavy atom. The zero-order valence-electron chi connectivity index (χ0n) is 14.5.